The minimum atomic E-state index is -3.68. The smallest absolute Gasteiger partial charge is 0.481 e. The minimum absolute atomic E-state index is 0. The van der Waals surface area contributed by atoms with Gasteiger partial charge in [0.25, 0.3) is 0 Å². The topological polar surface area (TPSA) is 159 Å². The van der Waals surface area contributed by atoms with E-state index in [1.807, 2.05) is 0 Å². The Bertz CT molecular complexity index is 536. The Labute approximate surface area is 167 Å². The van der Waals surface area contributed by atoms with Crippen LogP contribution in [0.3, 0.4) is 0 Å². The molecular weight excluding hydrogens is 433 g/mol. The maximum atomic E-state index is 12.2. The summed E-state index contributed by atoms with van der Waals surface area (Å²) >= 11 is 0. The molecule has 4 N–H and O–H groups in total. The molecule has 1 saturated heterocycles. The van der Waals surface area contributed by atoms with Crippen LogP contribution in [0.1, 0.15) is 6.42 Å². The second-order valence-corrected chi connectivity index (χ2v) is 8.74. The summed E-state index contributed by atoms with van der Waals surface area (Å²) in [5.41, 5.74) is 0. The number of nitrogens with zero attached hydrogens (tertiary/aromatic N) is 3. The Morgan fingerprint density at radius 3 is 1.44 bits per heavy atom. The Morgan fingerprint density at radius 1 is 0.741 bits per heavy atom. The van der Waals surface area contributed by atoms with Gasteiger partial charge in [-0.2, -0.15) is 0 Å². The van der Waals surface area contributed by atoms with Crippen LogP contribution in [0, 0.1) is 0 Å². The van der Waals surface area contributed by atoms with E-state index in [1.54, 1.807) is 14.7 Å². The van der Waals surface area contributed by atoms with Crippen LogP contribution in [0.25, 0.3) is 0 Å². The third kappa shape index (κ3) is 12.1. The largest absolute Gasteiger partial charge is 2.00 e. The maximum absolute atomic E-state index is 12.2. The number of carboxylic acids is 3. The average Bonchev–Trinajstić information content (AvgIpc) is 2.58. The summed E-state index contributed by atoms with van der Waals surface area (Å²) in [5.74, 6) is -3.16. The van der Waals surface area contributed by atoms with Gasteiger partial charge < -0.3 is 20.2 Å². The molecule has 0 aromatic rings. The van der Waals surface area contributed by atoms with Crippen LogP contribution < -0.4 is 0 Å². The zero-order valence-electron chi connectivity index (χ0n) is 14.8. The van der Waals surface area contributed by atoms with Gasteiger partial charge in [0.1, 0.15) is 0 Å². The molecule has 1 rings (SSSR count). The number of hydrogen-bond donors (Lipinski definition) is 4. The quantitative estimate of drug-likeness (QED) is 0.242. The van der Waals surface area contributed by atoms with E-state index in [2.05, 4.69) is 0 Å². The van der Waals surface area contributed by atoms with Gasteiger partial charge in [-0.25, -0.2) is 0 Å². The predicted molar refractivity (Wildman–Crippen MR) is 91.5 cm³/mol. The molecule has 0 aliphatic carbocycles. The summed E-state index contributed by atoms with van der Waals surface area (Å²) in [4.78, 5) is 47.5. The molecule has 27 heavy (non-hydrogen) atoms. The minimum Gasteiger partial charge on any atom is -0.481 e. The fraction of sp³-hybridized carbons (Fsp3) is 0.786. The Balaban J connectivity index is 0.00000676. The molecule has 11 nitrogen and oxygen atoms in total. The summed E-state index contributed by atoms with van der Waals surface area (Å²) < 4.78 is 12.2. The molecular formula is C14H26CuN3O8P+2. The SMILES string of the molecule is O=C(O)CCP(=O)(O)CN1CCN(CC(=O)O)CCN(CC(=O)O)CC1.[64Cu+2]. The van der Waals surface area contributed by atoms with Gasteiger partial charge in [0.05, 0.1) is 25.8 Å². The zero-order valence-corrected chi connectivity index (χ0v) is 16.6. The molecule has 0 spiro atoms. The fourth-order valence-corrected chi connectivity index (χ4v) is 4.27. The summed E-state index contributed by atoms with van der Waals surface area (Å²) in [5, 5.41) is 26.6. The van der Waals surface area contributed by atoms with Crippen molar-refractivity contribution >= 4 is 25.3 Å². The van der Waals surface area contributed by atoms with E-state index in [4.69, 9.17) is 15.3 Å². The first-order chi connectivity index (χ1) is 12.1. The molecule has 159 valence electrons. The second-order valence-electron chi connectivity index (χ2n) is 6.31. The first-order valence-corrected chi connectivity index (χ1v) is 10.2. The van der Waals surface area contributed by atoms with Crippen molar-refractivity contribution in [1.82, 2.24) is 14.7 Å². The van der Waals surface area contributed by atoms with E-state index < -0.39 is 31.7 Å². The van der Waals surface area contributed by atoms with E-state index >= 15 is 0 Å². The molecule has 0 saturated carbocycles. The molecule has 1 aliphatic rings. The number of carbonyl (C=O) groups is 3. The Morgan fingerprint density at radius 2 is 1.11 bits per heavy atom. The van der Waals surface area contributed by atoms with Crippen molar-refractivity contribution in [1.29, 1.82) is 0 Å². The summed E-state index contributed by atoms with van der Waals surface area (Å²) in [7, 11) is -3.68. The molecule has 0 aromatic carbocycles. The molecule has 1 heterocycles. The molecule has 0 amide bonds. The van der Waals surface area contributed by atoms with Gasteiger partial charge in [0, 0.05) is 45.4 Å². The number of aliphatic carboxylic acids is 3. The maximum Gasteiger partial charge on any atom is 2.00 e. The number of rotatable bonds is 9. The van der Waals surface area contributed by atoms with Crippen LogP contribution in [0.5, 0.6) is 0 Å². The van der Waals surface area contributed by atoms with E-state index in [9.17, 15) is 23.8 Å². The molecule has 0 aromatic heterocycles. The molecule has 1 radical (unpaired) electrons. The normalized spacial score (nSPS) is 19.7. The Kier molecular flexibility index (Phi) is 12.0. The molecule has 1 unspecified atom stereocenters. The van der Waals surface area contributed by atoms with Crippen LogP contribution in [0.2, 0.25) is 0 Å². The van der Waals surface area contributed by atoms with Crippen molar-refractivity contribution in [3.8, 4) is 0 Å². The fourth-order valence-electron chi connectivity index (χ4n) is 2.68. The van der Waals surface area contributed by atoms with E-state index in [0.29, 0.717) is 39.3 Å². The molecule has 0 bridgehead atoms. The van der Waals surface area contributed by atoms with Crippen molar-refractivity contribution in [2.45, 2.75) is 6.42 Å². The van der Waals surface area contributed by atoms with Crippen LogP contribution in [0.4, 0.5) is 0 Å². The van der Waals surface area contributed by atoms with E-state index in [-0.39, 0.29) is 42.6 Å². The van der Waals surface area contributed by atoms with Crippen molar-refractivity contribution in [2.75, 3.05) is 64.8 Å². The summed E-state index contributed by atoms with van der Waals surface area (Å²) in [6, 6.07) is 0. The van der Waals surface area contributed by atoms with Crippen LogP contribution >= 0.6 is 7.37 Å². The van der Waals surface area contributed by atoms with Crippen LogP contribution in [-0.2, 0) is 36.0 Å². The predicted octanol–water partition coefficient (Wildman–Crippen LogP) is -1.22. The summed E-state index contributed by atoms with van der Waals surface area (Å²) in [6.07, 6.45) is -0.948. The van der Waals surface area contributed by atoms with E-state index in [0.717, 1.165) is 0 Å². The average molecular weight is 459 g/mol. The van der Waals surface area contributed by atoms with Gasteiger partial charge in [-0.1, -0.05) is 0 Å². The monoisotopic (exact) mass is 459 g/mol. The first kappa shape index (κ1) is 26.0. The molecule has 1 atom stereocenters. The number of hydrogen-bond acceptors (Lipinski definition) is 7. The van der Waals surface area contributed by atoms with Crippen molar-refractivity contribution in [3.05, 3.63) is 0 Å². The number of carboxylic acid groups (broad SMARTS) is 3. The van der Waals surface area contributed by atoms with Crippen LogP contribution in [-0.4, -0.2) is 118 Å². The van der Waals surface area contributed by atoms with Crippen molar-refractivity contribution < 1.29 is 56.2 Å². The van der Waals surface area contributed by atoms with E-state index in [1.165, 1.54) is 0 Å². The second kappa shape index (κ2) is 12.5. The van der Waals surface area contributed by atoms with Gasteiger partial charge in [-0.15, -0.1) is 0 Å². The van der Waals surface area contributed by atoms with Crippen LogP contribution in [0.15, 0.2) is 0 Å². The standard InChI is InChI=1S/C14H26N3O8P.Cu/c18-12(19)1-8-26(24,25)11-17-6-4-15(9-13(20)21)2-3-16(5-7-17)10-14(22)23;/h1-11H2,(H,18,19)(H,20,21)(H,22,23)(H,24,25);/q;+2/i;1+0. The van der Waals surface area contributed by atoms with Crippen molar-refractivity contribution in [3.63, 3.8) is 0 Å². The first-order valence-electron chi connectivity index (χ1n) is 8.20. The molecule has 1 fully saturated rings. The summed E-state index contributed by atoms with van der Waals surface area (Å²) in [6.45, 7) is 1.73. The van der Waals surface area contributed by atoms with Gasteiger partial charge in [-0.05, 0) is 0 Å². The van der Waals surface area contributed by atoms with Gasteiger partial charge in [-0.3, -0.25) is 33.6 Å². The van der Waals surface area contributed by atoms with Gasteiger partial charge in [0.2, 0.25) is 7.37 Å². The Hall–Kier alpha value is -1.00. The van der Waals surface area contributed by atoms with Gasteiger partial charge >= 0.3 is 35.0 Å². The third-order valence-electron chi connectivity index (χ3n) is 4.01. The zero-order chi connectivity index (χ0) is 19.7. The van der Waals surface area contributed by atoms with Gasteiger partial charge in [0.15, 0.2) is 0 Å². The third-order valence-corrected chi connectivity index (χ3v) is 5.78. The van der Waals surface area contributed by atoms with Crippen molar-refractivity contribution in [2.24, 2.45) is 0 Å². The molecule has 13 heteroatoms. The molecule has 1 aliphatic heterocycles.